The van der Waals surface area contributed by atoms with Gasteiger partial charge >= 0.3 is 0 Å². The molecule has 114 valence electrons. The number of hydrogen-bond acceptors (Lipinski definition) is 3. The zero-order valence-electron chi connectivity index (χ0n) is 12.8. The number of aryl methyl sites for hydroxylation is 2. The molecular weight excluding hydrogens is 286 g/mol. The fraction of sp³-hybridized carbons (Fsp3) is 0.438. The van der Waals surface area contributed by atoms with Crippen LogP contribution in [0.15, 0.2) is 24.3 Å². The highest BCUT2D eigenvalue weighted by Crippen LogP contribution is 2.24. The number of rotatable bonds is 6. The minimum absolute atomic E-state index is 0.150. The standard InChI is InChI=1S/C16H22ClN3O/c1-4-13(18)9-12-7-5-6-8-15(12)21-10-14-16(17)11(2)19-20(14)3/h5-8,13H,4,9-10,18H2,1-3H3. The molecular formula is C16H22ClN3O. The van der Waals surface area contributed by atoms with E-state index in [1.54, 1.807) is 4.68 Å². The molecule has 0 bridgehead atoms. The van der Waals surface area contributed by atoms with Crippen molar-refractivity contribution in [3.05, 3.63) is 46.2 Å². The molecule has 2 rings (SSSR count). The summed E-state index contributed by atoms with van der Waals surface area (Å²) in [6.07, 6.45) is 1.76. The van der Waals surface area contributed by atoms with Gasteiger partial charge in [-0.05, 0) is 31.4 Å². The maximum atomic E-state index is 6.24. The molecule has 4 nitrogen and oxygen atoms in total. The molecule has 0 radical (unpaired) electrons. The number of aromatic nitrogens is 2. The molecule has 0 fully saturated rings. The van der Waals surface area contributed by atoms with E-state index in [2.05, 4.69) is 18.1 Å². The summed E-state index contributed by atoms with van der Waals surface area (Å²) in [6.45, 7) is 4.38. The monoisotopic (exact) mass is 307 g/mol. The van der Waals surface area contributed by atoms with E-state index in [0.29, 0.717) is 11.6 Å². The van der Waals surface area contributed by atoms with Crippen molar-refractivity contribution in [3.8, 4) is 5.75 Å². The summed E-state index contributed by atoms with van der Waals surface area (Å²) in [7, 11) is 1.87. The Balaban J connectivity index is 2.13. The van der Waals surface area contributed by atoms with Crippen molar-refractivity contribution in [1.82, 2.24) is 9.78 Å². The van der Waals surface area contributed by atoms with Crippen LogP contribution in [0.5, 0.6) is 5.75 Å². The van der Waals surface area contributed by atoms with E-state index < -0.39 is 0 Å². The summed E-state index contributed by atoms with van der Waals surface area (Å²) in [5.74, 6) is 0.858. The van der Waals surface area contributed by atoms with Gasteiger partial charge in [0.2, 0.25) is 0 Å². The lowest BCUT2D eigenvalue weighted by Gasteiger charge is -2.14. The van der Waals surface area contributed by atoms with Crippen molar-refractivity contribution in [2.45, 2.75) is 39.3 Å². The van der Waals surface area contributed by atoms with E-state index in [1.165, 1.54) is 0 Å². The first-order valence-electron chi connectivity index (χ1n) is 7.17. The quantitative estimate of drug-likeness (QED) is 0.891. The second kappa shape index (κ2) is 6.96. The second-order valence-corrected chi connectivity index (χ2v) is 5.62. The number of benzene rings is 1. The van der Waals surface area contributed by atoms with Gasteiger partial charge in [0.25, 0.3) is 0 Å². The first kappa shape index (κ1) is 15.9. The van der Waals surface area contributed by atoms with Crippen LogP contribution in [0.3, 0.4) is 0 Å². The number of ether oxygens (including phenoxy) is 1. The predicted octanol–water partition coefficient (Wildman–Crippen LogP) is 3.24. The number of nitrogens with two attached hydrogens (primary N) is 1. The summed E-state index contributed by atoms with van der Waals surface area (Å²) < 4.78 is 7.70. The molecule has 0 amide bonds. The van der Waals surface area contributed by atoms with E-state index in [0.717, 1.165) is 35.5 Å². The normalized spacial score (nSPS) is 12.4. The zero-order valence-corrected chi connectivity index (χ0v) is 13.5. The van der Waals surface area contributed by atoms with Crippen molar-refractivity contribution in [3.63, 3.8) is 0 Å². The van der Waals surface area contributed by atoms with Crippen LogP contribution in [0, 0.1) is 6.92 Å². The highest BCUT2D eigenvalue weighted by molar-refractivity contribution is 6.31. The Bertz CT molecular complexity index is 610. The first-order chi connectivity index (χ1) is 10.0. The molecule has 0 aliphatic carbocycles. The summed E-state index contributed by atoms with van der Waals surface area (Å²) in [4.78, 5) is 0. The Morgan fingerprint density at radius 1 is 1.38 bits per heavy atom. The van der Waals surface area contributed by atoms with Gasteiger partial charge in [-0.2, -0.15) is 5.10 Å². The molecule has 0 spiro atoms. The molecule has 1 atom stereocenters. The molecule has 1 aromatic carbocycles. The third-order valence-electron chi connectivity index (χ3n) is 3.61. The Labute approximate surface area is 130 Å². The molecule has 21 heavy (non-hydrogen) atoms. The van der Waals surface area contributed by atoms with Crippen molar-refractivity contribution in [2.24, 2.45) is 12.8 Å². The topological polar surface area (TPSA) is 53.1 Å². The zero-order chi connectivity index (χ0) is 15.4. The van der Waals surface area contributed by atoms with Crippen molar-refractivity contribution >= 4 is 11.6 Å². The average Bonchev–Trinajstić information content (AvgIpc) is 2.71. The van der Waals surface area contributed by atoms with E-state index in [9.17, 15) is 0 Å². The summed E-state index contributed by atoms with van der Waals surface area (Å²) in [5.41, 5.74) is 8.87. The maximum absolute atomic E-state index is 6.24. The van der Waals surface area contributed by atoms with Crippen LogP contribution in [0.25, 0.3) is 0 Å². The van der Waals surface area contributed by atoms with Gasteiger partial charge in [-0.1, -0.05) is 36.7 Å². The highest BCUT2D eigenvalue weighted by Gasteiger charge is 2.13. The summed E-state index contributed by atoms with van der Waals surface area (Å²) in [5, 5.41) is 4.96. The van der Waals surface area contributed by atoms with E-state index in [-0.39, 0.29) is 6.04 Å². The van der Waals surface area contributed by atoms with Crippen LogP contribution in [0.1, 0.15) is 30.3 Å². The molecule has 5 heteroatoms. The van der Waals surface area contributed by atoms with E-state index in [1.807, 2.05) is 32.2 Å². The maximum Gasteiger partial charge on any atom is 0.131 e. The lowest BCUT2D eigenvalue weighted by molar-refractivity contribution is 0.291. The van der Waals surface area contributed by atoms with Crippen LogP contribution in [0.4, 0.5) is 0 Å². The lowest BCUT2D eigenvalue weighted by atomic mass is 10.0. The Morgan fingerprint density at radius 3 is 2.71 bits per heavy atom. The highest BCUT2D eigenvalue weighted by atomic mass is 35.5. The molecule has 1 heterocycles. The number of hydrogen-bond donors (Lipinski definition) is 1. The fourth-order valence-corrected chi connectivity index (χ4v) is 2.44. The average molecular weight is 308 g/mol. The molecule has 0 aliphatic rings. The van der Waals surface area contributed by atoms with Crippen LogP contribution < -0.4 is 10.5 Å². The van der Waals surface area contributed by atoms with Gasteiger partial charge in [-0.15, -0.1) is 0 Å². The second-order valence-electron chi connectivity index (χ2n) is 5.24. The third kappa shape index (κ3) is 3.77. The number of nitrogens with zero attached hydrogens (tertiary/aromatic N) is 2. The molecule has 1 aromatic heterocycles. The van der Waals surface area contributed by atoms with Crippen molar-refractivity contribution < 1.29 is 4.74 Å². The van der Waals surface area contributed by atoms with Gasteiger partial charge in [0.15, 0.2) is 0 Å². The Hall–Kier alpha value is -1.52. The van der Waals surface area contributed by atoms with Crippen LogP contribution >= 0.6 is 11.6 Å². The van der Waals surface area contributed by atoms with Crippen LogP contribution in [-0.4, -0.2) is 15.8 Å². The van der Waals surface area contributed by atoms with Crippen molar-refractivity contribution in [1.29, 1.82) is 0 Å². The molecule has 0 saturated carbocycles. The van der Waals surface area contributed by atoms with Gasteiger partial charge in [-0.25, -0.2) is 0 Å². The Morgan fingerprint density at radius 2 is 2.10 bits per heavy atom. The van der Waals surface area contributed by atoms with Gasteiger partial charge in [0.1, 0.15) is 12.4 Å². The minimum atomic E-state index is 0.150. The smallest absolute Gasteiger partial charge is 0.131 e. The molecule has 0 saturated heterocycles. The van der Waals surface area contributed by atoms with Gasteiger partial charge < -0.3 is 10.5 Å². The SMILES string of the molecule is CCC(N)Cc1ccccc1OCc1c(Cl)c(C)nn1C. The number of halogens is 1. The van der Waals surface area contributed by atoms with E-state index in [4.69, 9.17) is 22.1 Å². The summed E-state index contributed by atoms with van der Waals surface area (Å²) >= 11 is 6.24. The molecule has 2 aromatic rings. The predicted molar refractivity (Wildman–Crippen MR) is 85.7 cm³/mol. The molecule has 2 N–H and O–H groups in total. The first-order valence-corrected chi connectivity index (χ1v) is 7.55. The summed E-state index contributed by atoms with van der Waals surface area (Å²) in [6, 6.07) is 8.14. The minimum Gasteiger partial charge on any atom is -0.487 e. The van der Waals surface area contributed by atoms with Gasteiger partial charge in [-0.3, -0.25) is 4.68 Å². The number of para-hydroxylation sites is 1. The van der Waals surface area contributed by atoms with Crippen LogP contribution in [-0.2, 0) is 20.1 Å². The Kier molecular flexibility index (Phi) is 5.26. The van der Waals surface area contributed by atoms with Gasteiger partial charge in [0, 0.05) is 13.1 Å². The largest absolute Gasteiger partial charge is 0.487 e. The van der Waals surface area contributed by atoms with Gasteiger partial charge in [0.05, 0.1) is 16.4 Å². The van der Waals surface area contributed by atoms with Crippen molar-refractivity contribution in [2.75, 3.05) is 0 Å². The van der Waals surface area contributed by atoms with E-state index >= 15 is 0 Å². The molecule has 1 unspecified atom stereocenters. The van der Waals surface area contributed by atoms with Crippen LogP contribution in [0.2, 0.25) is 5.02 Å². The third-order valence-corrected chi connectivity index (χ3v) is 4.10. The lowest BCUT2D eigenvalue weighted by Crippen LogP contribution is -2.21. The fourth-order valence-electron chi connectivity index (χ4n) is 2.22. The molecule has 0 aliphatic heterocycles.